The number of rotatable bonds is 4. The molecule has 0 atom stereocenters. The molecule has 3 N–H and O–H groups in total. The van der Waals surface area contributed by atoms with E-state index in [2.05, 4.69) is 22.4 Å². The quantitative estimate of drug-likeness (QED) is 0.770. The lowest BCUT2D eigenvalue weighted by atomic mass is 10.1. The minimum atomic E-state index is -0.0152. The molecule has 0 spiro atoms. The molecule has 1 aromatic carbocycles. The Morgan fingerprint density at radius 1 is 1.11 bits per heavy atom. The van der Waals surface area contributed by atoms with E-state index >= 15 is 0 Å². The molecule has 1 aromatic heterocycles. The van der Waals surface area contributed by atoms with Crippen molar-refractivity contribution in [2.45, 2.75) is 13.3 Å². The van der Waals surface area contributed by atoms with E-state index < -0.39 is 0 Å². The van der Waals surface area contributed by atoms with Crippen LogP contribution < -0.4 is 5.32 Å². The summed E-state index contributed by atoms with van der Waals surface area (Å²) in [5.41, 5.74) is 1.11. The van der Waals surface area contributed by atoms with Gasteiger partial charge in [0.05, 0.1) is 5.69 Å². The molecule has 0 aliphatic heterocycles. The molecule has 0 radical (unpaired) electrons. The number of phenols is 2. The molecule has 1 heterocycles. The second-order valence-electron chi connectivity index (χ2n) is 3.93. The third-order valence-electron chi connectivity index (χ3n) is 2.48. The lowest BCUT2D eigenvalue weighted by molar-refractivity contribution is 0.451. The highest BCUT2D eigenvalue weighted by atomic mass is 16.3. The van der Waals surface area contributed by atoms with E-state index in [1.165, 1.54) is 12.1 Å². The SMILES string of the molecule is CCCNc1ccc(-c2ccc(O)cc2O)nn1. The maximum Gasteiger partial charge on any atom is 0.148 e. The van der Waals surface area contributed by atoms with Crippen molar-refractivity contribution in [1.82, 2.24) is 10.2 Å². The summed E-state index contributed by atoms with van der Waals surface area (Å²) in [6.07, 6.45) is 1.02. The Labute approximate surface area is 105 Å². The Hall–Kier alpha value is -2.30. The van der Waals surface area contributed by atoms with Crippen LogP contribution in [0.5, 0.6) is 11.5 Å². The zero-order valence-electron chi connectivity index (χ0n) is 10.1. The first-order valence-corrected chi connectivity index (χ1v) is 5.80. The summed E-state index contributed by atoms with van der Waals surface area (Å²) in [7, 11) is 0. The highest BCUT2D eigenvalue weighted by Gasteiger charge is 2.07. The van der Waals surface area contributed by atoms with Crippen LogP contribution in [-0.2, 0) is 0 Å². The molecular weight excluding hydrogens is 230 g/mol. The number of aromatic nitrogens is 2. The van der Waals surface area contributed by atoms with Gasteiger partial charge < -0.3 is 15.5 Å². The predicted molar refractivity (Wildman–Crippen MR) is 69.6 cm³/mol. The van der Waals surface area contributed by atoms with E-state index in [9.17, 15) is 10.2 Å². The molecule has 2 aromatic rings. The molecule has 0 amide bonds. The monoisotopic (exact) mass is 245 g/mol. The van der Waals surface area contributed by atoms with Crippen LogP contribution in [0.15, 0.2) is 30.3 Å². The van der Waals surface area contributed by atoms with Crippen molar-refractivity contribution in [2.75, 3.05) is 11.9 Å². The Balaban J connectivity index is 2.23. The van der Waals surface area contributed by atoms with E-state index in [0.717, 1.165) is 13.0 Å². The van der Waals surface area contributed by atoms with Crippen LogP contribution in [0.3, 0.4) is 0 Å². The summed E-state index contributed by atoms with van der Waals surface area (Å²) in [5.74, 6) is 0.711. The fraction of sp³-hybridized carbons (Fsp3) is 0.231. The summed E-state index contributed by atoms with van der Waals surface area (Å²) in [4.78, 5) is 0. The number of nitrogens with one attached hydrogen (secondary N) is 1. The average molecular weight is 245 g/mol. The third-order valence-corrected chi connectivity index (χ3v) is 2.48. The molecule has 0 saturated heterocycles. The Morgan fingerprint density at radius 2 is 1.94 bits per heavy atom. The number of anilines is 1. The third kappa shape index (κ3) is 2.68. The summed E-state index contributed by atoms with van der Waals surface area (Å²) < 4.78 is 0. The fourth-order valence-corrected chi connectivity index (χ4v) is 1.56. The normalized spacial score (nSPS) is 10.3. The first kappa shape index (κ1) is 12.2. The van der Waals surface area contributed by atoms with Gasteiger partial charge in [0.25, 0.3) is 0 Å². The van der Waals surface area contributed by atoms with Crippen molar-refractivity contribution < 1.29 is 10.2 Å². The van der Waals surface area contributed by atoms with Crippen LogP contribution in [0, 0.1) is 0 Å². The first-order chi connectivity index (χ1) is 8.70. The molecule has 2 rings (SSSR count). The van der Waals surface area contributed by atoms with Crippen LogP contribution >= 0.6 is 0 Å². The van der Waals surface area contributed by atoms with Gasteiger partial charge in [0, 0.05) is 18.2 Å². The minimum absolute atomic E-state index is 0.0152. The van der Waals surface area contributed by atoms with Gasteiger partial charge in [-0.25, -0.2) is 0 Å². The molecule has 5 nitrogen and oxygen atoms in total. The largest absolute Gasteiger partial charge is 0.508 e. The minimum Gasteiger partial charge on any atom is -0.508 e. The molecule has 0 aliphatic rings. The summed E-state index contributed by atoms with van der Waals surface area (Å²) in [5, 5.41) is 30.1. The van der Waals surface area contributed by atoms with Gasteiger partial charge in [0.1, 0.15) is 17.3 Å². The molecule has 0 aliphatic carbocycles. The molecule has 5 heteroatoms. The first-order valence-electron chi connectivity index (χ1n) is 5.80. The standard InChI is InChI=1S/C13H15N3O2/c1-2-7-14-13-6-5-11(15-16-13)10-4-3-9(17)8-12(10)18/h3-6,8,17-18H,2,7H2,1H3,(H,14,16). The molecule has 0 fully saturated rings. The van der Waals surface area contributed by atoms with E-state index in [1.807, 2.05) is 6.07 Å². The van der Waals surface area contributed by atoms with E-state index in [4.69, 9.17) is 0 Å². The van der Waals surface area contributed by atoms with Gasteiger partial charge in [0.2, 0.25) is 0 Å². The van der Waals surface area contributed by atoms with Crippen molar-refractivity contribution >= 4 is 5.82 Å². The molecule has 18 heavy (non-hydrogen) atoms. The number of hydrogen-bond acceptors (Lipinski definition) is 5. The number of phenolic OH excluding ortho intramolecular Hbond substituents is 2. The van der Waals surface area contributed by atoms with Crippen molar-refractivity contribution in [3.8, 4) is 22.8 Å². The van der Waals surface area contributed by atoms with Crippen LogP contribution in [0.2, 0.25) is 0 Å². The maximum atomic E-state index is 9.71. The van der Waals surface area contributed by atoms with Gasteiger partial charge >= 0.3 is 0 Å². The Bertz CT molecular complexity index is 526. The summed E-state index contributed by atoms with van der Waals surface area (Å²) in [6.45, 7) is 2.92. The topological polar surface area (TPSA) is 78.3 Å². The van der Waals surface area contributed by atoms with Crippen LogP contribution in [-0.4, -0.2) is 27.0 Å². The van der Waals surface area contributed by atoms with Crippen molar-refractivity contribution in [1.29, 1.82) is 0 Å². The zero-order valence-corrected chi connectivity index (χ0v) is 10.1. The van der Waals surface area contributed by atoms with Gasteiger partial charge in [-0.3, -0.25) is 0 Å². The van der Waals surface area contributed by atoms with Gasteiger partial charge in [-0.15, -0.1) is 10.2 Å². The van der Waals surface area contributed by atoms with Crippen LogP contribution in [0.4, 0.5) is 5.82 Å². The Kier molecular flexibility index (Phi) is 3.62. The van der Waals surface area contributed by atoms with Crippen LogP contribution in [0.1, 0.15) is 13.3 Å². The second-order valence-corrected chi connectivity index (χ2v) is 3.93. The Morgan fingerprint density at radius 3 is 2.56 bits per heavy atom. The fourth-order valence-electron chi connectivity index (χ4n) is 1.56. The lowest BCUT2D eigenvalue weighted by Gasteiger charge is -2.06. The lowest BCUT2D eigenvalue weighted by Crippen LogP contribution is -2.02. The van der Waals surface area contributed by atoms with E-state index in [0.29, 0.717) is 17.1 Å². The van der Waals surface area contributed by atoms with Gasteiger partial charge in [-0.2, -0.15) is 0 Å². The van der Waals surface area contributed by atoms with Gasteiger partial charge in [-0.1, -0.05) is 6.92 Å². The summed E-state index contributed by atoms with van der Waals surface area (Å²) in [6, 6.07) is 7.97. The number of benzene rings is 1. The zero-order chi connectivity index (χ0) is 13.0. The average Bonchev–Trinajstić information content (AvgIpc) is 2.37. The van der Waals surface area contributed by atoms with Crippen molar-refractivity contribution in [3.63, 3.8) is 0 Å². The molecular formula is C13H15N3O2. The van der Waals surface area contributed by atoms with E-state index in [1.54, 1.807) is 12.1 Å². The highest BCUT2D eigenvalue weighted by Crippen LogP contribution is 2.30. The number of nitrogens with zero attached hydrogens (tertiary/aromatic N) is 2. The number of hydrogen-bond donors (Lipinski definition) is 3. The summed E-state index contributed by atoms with van der Waals surface area (Å²) >= 11 is 0. The van der Waals surface area contributed by atoms with Crippen molar-refractivity contribution in [3.05, 3.63) is 30.3 Å². The number of aromatic hydroxyl groups is 2. The predicted octanol–water partition coefficient (Wildman–Crippen LogP) is 2.38. The van der Waals surface area contributed by atoms with Gasteiger partial charge in [0.15, 0.2) is 0 Å². The highest BCUT2D eigenvalue weighted by molar-refractivity contribution is 5.68. The molecule has 94 valence electrons. The molecule has 0 unspecified atom stereocenters. The van der Waals surface area contributed by atoms with Gasteiger partial charge in [-0.05, 0) is 30.7 Å². The smallest absolute Gasteiger partial charge is 0.148 e. The van der Waals surface area contributed by atoms with Crippen molar-refractivity contribution in [2.24, 2.45) is 0 Å². The second kappa shape index (κ2) is 5.35. The van der Waals surface area contributed by atoms with E-state index in [-0.39, 0.29) is 11.5 Å². The molecule has 0 saturated carbocycles. The molecule has 0 bridgehead atoms. The van der Waals surface area contributed by atoms with Crippen LogP contribution in [0.25, 0.3) is 11.3 Å². The maximum absolute atomic E-state index is 9.71.